The molecule has 0 spiro atoms. The molecule has 2 atom stereocenters. The summed E-state index contributed by atoms with van der Waals surface area (Å²) in [6.07, 6.45) is 4.00. The van der Waals surface area contributed by atoms with E-state index in [1.807, 2.05) is 11.7 Å². The number of rotatable bonds is 5. The lowest BCUT2D eigenvalue weighted by atomic mass is 10.1. The molecule has 0 aromatic carbocycles. The van der Waals surface area contributed by atoms with Gasteiger partial charge >= 0.3 is 0 Å². The number of nitrogens with zero attached hydrogens (tertiary/aromatic N) is 2. The van der Waals surface area contributed by atoms with E-state index in [4.69, 9.17) is 0 Å². The van der Waals surface area contributed by atoms with Crippen molar-refractivity contribution in [1.29, 1.82) is 0 Å². The van der Waals surface area contributed by atoms with Crippen molar-refractivity contribution in [3.05, 3.63) is 17.5 Å². The van der Waals surface area contributed by atoms with Crippen LogP contribution in [-0.2, 0) is 20.0 Å². The van der Waals surface area contributed by atoms with Gasteiger partial charge in [0, 0.05) is 13.6 Å². The van der Waals surface area contributed by atoms with Gasteiger partial charge in [-0.05, 0) is 44.2 Å². The lowest BCUT2D eigenvalue weighted by Crippen LogP contribution is -2.22. The average Bonchev–Trinajstić information content (AvgIpc) is 2.86. The standard InChI is InChI=1S/C13H23N3O/c1-3-11-7-12(16(2)15-11)9-14-8-10-4-5-13(17)6-10/h7,10,13-14,17H,3-6,8-9H2,1-2H3. The molecule has 0 bridgehead atoms. The van der Waals surface area contributed by atoms with Crippen molar-refractivity contribution >= 4 is 0 Å². The summed E-state index contributed by atoms with van der Waals surface area (Å²) in [6.45, 7) is 4.00. The highest BCUT2D eigenvalue weighted by molar-refractivity contribution is 5.09. The summed E-state index contributed by atoms with van der Waals surface area (Å²) in [5, 5.41) is 17.4. The molecule has 1 aromatic rings. The highest BCUT2D eigenvalue weighted by Crippen LogP contribution is 2.24. The number of aryl methyl sites for hydroxylation is 2. The quantitative estimate of drug-likeness (QED) is 0.810. The van der Waals surface area contributed by atoms with Gasteiger partial charge in [-0.2, -0.15) is 5.10 Å². The smallest absolute Gasteiger partial charge is 0.0625 e. The van der Waals surface area contributed by atoms with Crippen LogP contribution in [0.1, 0.15) is 37.6 Å². The van der Waals surface area contributed by atoms with E-state index in [0.29, 0.717) is 5.92 Å². The lowest BCUT2D eigenvalue weighted by Gasteiger charge is -2.10. The van der Waals surface area contributed by atoms with Crippen LogP contribution in [0.25, 0.3) is 0 Å². The van der Waals surface area contributed by atoms with Crippen molar-refractivity contribution < 1.29 is 5.11 Å². The van der Waals surface area contributed by atoms with Gasteiger partial charge in [0.2, 0.25) is 0 Å². The van der Waals surface area contributed by atoms with Crippen LogP contribution in [0, 0.1) is 5.92 Å². The Hall–Kier alpha value is -0.870. The molecule has 17 heavy (non-hydrogen) atoms. The van der Waals surface area contributed by atoms with Crippen LogP contribution in [0.4, 0.5) is 0 Å². The summed E-state index contributed by atoms with van der Waals surface area (Å²) in [4.78, 5) is 0. The van der Waals surface area contributed by atoms with Gasteiger partial charge in [-0.3, -0.25) is 4.68 Å². The monoisotopic (exact) mass is 237 g/mol. The summed E-state index contributed by atoms with van der Waals surface area (Å²) < 4.78 is 1.95. The largest absolute Gasteiger partial charge is 0.393 e. The van der Waals surface area contributed by atoms with E-state index in [1.165, 1.54) is 5.69 Å². The first kappa shape index (κ1) is 12.6. The first-order chi connectivity index (χ1) is 8.19. The minimum absolute atomic E-state index is 0.0646. The maximum Gasteiger partial charge on any atom is 0.0625 e. The summed E-state index contributed by atoms with van der Waals surface area (Å²) >= 11 is 0. The zero-order chi connectivity index (χ0) is 12.3. The molecular weight excluding hydrogens is 214 g/mol. The van der Waals surface area contributed by atoms with Gasteiger partial charge in [0.25, 0.3) is 0 Å². The fourth-order valence-corrected chi connectivity index (χ4v) is 2.55. The maximum atomic E-state index is 9.45. The average molecular weight is 237 g/mol. The minimum Gasteiger partial charge on any atom is -0.393 e. The molecule has 1 saturated carbocycles. The van der Waals surface area contributed by atoms with Crippen LogP contribution in [0.3, 0.4) is 0 Å². The zero-order valence-corrected chi connectivity index (χ0v) is 10.8. The Bertz CT molecular complexity index is 362. The Labute approximate surface area is 103 Å². The predicted octanol–water partition coefficient (Wildman–Crippen LogP) is 1.23. The number of aliphatic hydroxyl groups is 1. The molecular formula is C13H23N3O. The lowest BCUT2D eigenvalue weighted by molar-refractivity contribution is 0.177. The molecule has 2 unspecified atom stereocenters. The highest BCUT2D eigenvalue weighted by atomic mass is 16.3. The van der Waals surface area contributed by atoms with Crippen LogP contribution in [0.5, 0.6) is 0 Å². The van der Waals surface area contributed by atoms with E-state index in [-0.39, 0.29) is 6.10 Å². The van der Waals surface area contributed by atoms with E-state index in [0.717, 1.165) is 44.5 Å². The molecule has 0 amide bonds. The molecule has 1 fully saturated rings. The second kappa shape index (κ2) is 5.65. The van der Waals surface area contributed by atoms with Crippen molar-refractivity contribution in [1.82, 2.24) is 15.1 Å². The maximum absolute atomic E-state index is 9.45. The van der Waals surface area contributed by atoms with Crippen LogP contribution < -0.4 is 5.32 Å². The topological polar surface area (TPSA) is 50.1 Å². The SMILES string of the molecule is CCc1cc(CNCC2CCC(O)C2)n(C)n1. The first-order valence-electron chi connectivity index (χ1n) is 6.59. The molecule has 96 valence electrons. The van der Waals surface area contributed by atoms with Crippen molar-refractivity contribution in [2.45, 2.75) is 45.3 Å². The Morgan fingerprint density at radius 2 is 2.35 bits per heavy atom. The number of hydrogen-bond donors (Lipinski definition) is 2. The summed E-state index contributed by atoms with van der Waals surface area (Å²) in [7, 11) is 2.00. The summed E-state index contributed by atoms with van der Waals surface area (Å²) in [5.41, 5.74) is 2.39. The molecule has 1 aromatic heterocycles. The van der Waals surface area contributed by atoms with Crippen LogP contribution in [0.15, 0.2) is 6.07 Å². The normalized spacial score (nSPS) is 24.4. The fraction of sp³-hybridized carbons (Fsp3) is 0.769. The van der Waals surface area contributed by atoms with Crippen LogP contribution in [-0.4, -0.2) is 27.5 Å². The van der Waals surface area contributed by atoms with E-state index in [1.54, 1.807) is 0 Å². The Balaban J connectivity index is 1.76. The molecule has 2 rings (SSSR count). The molecule has 0 radical (unpaired) electrons. The van der Waals surface area contributed by atoms with Crippen LogP contribution >= 0.6 is 0 Å². The van der Waals surface area contributed by atoms with Crippen molar-refractivity contribution in [3.8, 4) is 0 Å². The van der Waals surface area contributed by atoms with E-state index in [9.17, 15) is 5.11 Å². The molecule has 4 heteroatoms. The highest BCUT2D eigenvalue weighted by Gasteiger charge is 2.22. The molecule has 0 aliphatic heterocycles. The fourth-order valence-electron chi connectivity index (χ4n) is 2.55. The zero-order valence-electron chi connectivity index (χ0n) is 10.8. The third-order valence-electron chi connectivity index (χ3n) is 3.64. The minimum atomic E-state index is -0.0646. The van der Waals surface area contributed by atoms with E-state index >= 15 is 0 Å². The number of hydrogen-bond acceptors (Lipinski definition) is 3. The van der Waals surface area contributed by atoms with Gasteiger partial charge in [0.15, 0.2) is 0 Å². The second-order valence-corrected chi connectivity index (χ2v) is 5.07. The Morgan fingerprint density at radius 1 is 1.53 bits per heavy atom. The summed E-state index contributed by atoms with van der Waals surface area (Å²) in [5.74, 6) is 0.642. The molecule has 1 heterocycles. The van der Waals surface area contributed by atoms with E-state index in [2.05, 4.69) is 23.4 Å². The third-order valence-corrected chi connectivity index (χ3v) is 3.64. The van der Waals surface area contributed by atoms with Crippen LogP contribution in [0.2, 0.25) is 0 Å². The van der Waals surface area contributed by atoms with Crippen molar-refractivity contribution in [2.24, 2.45) is 13.0 Å². The van der Waals surface area contributed by atoms with E-state index < -0.39 is 0 Å². The van der Waals surface area contributed by atoms with Gasteiger partial charge in [-0.25, -0.2) is 0 Å². The van der Waals surface area contributed by atoms with Gasteiger partial charge in [-0.1, -0.05) is 6.92 Å². The molecule has 4 nitrogen and oxygen atoms in total. The number of aromatic nitrogens is 2. The van der Waals surface area contributed by atoms with Gasteiger partial charge in [0.05, 0.1) is 17.5 Å². The number of aliphatic hydroxyl groups excluding tert-OH is 1. The van der Waals surface area contributed by atoms with Gasteiger partial charge < -0.3 is 10.4 Å². The molecule has 0 saturated heterocycles. The van der Waals surface area contributed by atoms with Crippen molar-refractivity contribution in [2.75, 3.05) is 6.54 Å². The third kappa shape index (κ3) is 3.30. The Kier molecular flexibility index (Phi) is 4.18. The molecule has 2 N–H and O–H groups in total. The Morgan fingerprint density at radius 3 is 2.94 bits per heavy atom. The number of nitrogens with one attached hydrogen (secondary N) is 1. The second-order valence-electron chi connectivity index (χ2n) is 5.07. The molecule has 1 aliphatic carbocycles. The molecule has 1 aliphatic rings. The van der Waals surface area contributed by atoms with Gasteiger partial charge in [-0.15, -0.1) is 0 Å². The predicted molar refractivity (Wildman–Crippen MR) is 67.6 cm³/mol. The first-order valence-corrected chi connectivity index (χ1v) is 6.59. The van der Waals surface area contributed by atoms with Crippen molar-refractivity contribution in [3.63, 3.8) is 0 Å². The summed E-state index contributed by atoms with van der Waals surface area (Å²) in [6, 6.07) is 2.16. The van der Waals surface area contributed by atoms with Gasteiger partial charge in [0.1, 0.15) is 0 Å².